The van der Waals surface area contributed by atoms with Crippen LogP contribution in [0.25, 0.3) is 0 Å². The summed E-state index contributed by atoms with van der Waals surface area (Å²) < 4.78 is 5.34. The van der Waals surface area contributed by atoms with Crippen molar-refractivity contribution in [1.29, 1.82) is 0 Å². The van der Waals surface area contributed by atoms with Gasteiger partial charge < -0.3 is 10.5 Å². The maximum Gasteiger partial charge on any atom is 0.0465 e. The lowest BCUT2D eigenvalue weighted by atomic mass is 10.1. The summed E-state index contributed by atoms with van der Waals surface area (Å²) in [7, 11) is 0. The maximum absolute atomic E-state index is 5.49. The Kier molecular flexibility index (Phi) is 20.3. The van der Waals surface area contributed by atoms with Crippen LogP contribution in [0.5, 0.6) is 0 Å². The van der Waals surface area contributed by atoms with Gasteiger partial charge in [0, 0.05) is 13.2 Å². The minimum absolute atomic E-state index is 0.857. The van der Waals surface area contributed by atoms with Gasteiger partial charge in [0.1, 0.15) is 0 Å². The molecule has 2 N–H and O–H groups in total. The van der Waals surface area contributed by atoms with Crippen LogP contribution in [0.4, 0.5) is 0 Å². The molecule has 22 heavy (non-hydrogen) atoms. The van der Waals surface area contributed by atoms with Crippen LogP contribution in [0, 0.1) is 0 Å². The van der Waals surface area contributed by atoms with Gasteiger partial charge in [0.25, 0.3) is 0 Å². The highest BCUT2D eigenvalue weighted by Gasteiger charge is 1.92. The minimum atomic E-state index is 0.857. The maximum atomic E-state index is 5.49. The van der Waals surface area contributed by atoms with Crippen LogP contribution in [-0.4, -0.2) is 19.8 Å². The van der Waals surface area contributed by atoms with Gasteiger partial charge in [0.15, 0.2) is 0 Å². The SMILES string of the molecule is CCOCCCCCCCC/C=C\CCCCCCCCN. The van der Waals surface area contributed by atoms with Crippen molar-refractivity contribution < 1.29 is 4.74 Å². The Morgan fingerprint density at radius 3 is 1.59 bits per heavy atom. The van der Waals surface area contributed by atoms with E-state index in [1.54, 1.807) is 0 Å². The zero-order chi connectivity index (χ0) is 16.1. The van der Waals surface area contributed by atoms with E-state index in [0.717, 1.165) is 19.8 Å². The summed E-state index contributed by atoms with van der Waals surface area (Å²) in [4.78, 5) is 0. The van der Waals surface area contributed by atoms with Crippen LogP contribution in [-0.2, 0) is 4.74 Å². The van der Waals surface area contributed by atoms with Gasteiger partial charge in [-0.15, -0.1) is 0 Å². The molecule has 0 unspecified atom stereocenters. The molecule has 0 spiro atoms. The summed E-state index contributed by atoms with van der Waals surface area (Å²) in [6.07, 6.45) is 23.4. The van der Waals surface area contributed by atoms with Crippen LogP contribution in [0.1, 0.15) is 96.8 Å². The van der Waals surface area contributed by atoms with Crippen LogP contribution in [0.3, 0.4) is 0 Å². The molecular formula is C20H41NO. The summed E-state index contributed by atoms with van der Waals surface area (Å²) >= 11 is 0. The molecular weight excluding hydrogens is 270 g/mol. The van der Waals surface area contributed by atoms with Crippen LogP contribution >= 0.6 is 0 Å². The molecule has 0 aromatic rings. The first kappa shape index (κ1) is 21.7. The van der Waals surface area contributed by atoms with Gasteiger partial charge in [0.2, 0.25) is 0 Å². The third-order valence-electron chi connectivity index (χ3n) is 4.11. The first-order valence-electron chi connectivity index (χ1n) is 9.84. The Balaban J connectivity index is 3.02. The van der Waals surface area contributed by atoms with Crippen molar-refractivity contribution in [3.63, 3.8) is 0 Å². The third-order valence-corrected chi connectivity index (χ3v) is 4.11. The Morgan fingerprint density at radius 2 is 1.09 bits per heavy atom. The second-order valence-corrected chi connectivity index (χ2v) is 6.28. The average molecular weight is 312 g/mol. The summed E-state index contributed by atoms with van der Waals surface area (Å²) in [6.45, 7) is 4.74. The van der Waals surface area contributed by atoms with Crippen LogP contribution in [0.2, 0.25) is 0 Å². The fourth-order valence-corrected chi connectivity index (χ4v) is 2.67. The zero-order valence-corrected chi connectivity index (χ0v) is 15.2. The number of ether oxygens (including phenoxy) is 1. The molecule has 132 valence electrons. The topological polar surface area (TPSA) is 35.2 Å². The van der Waals surface area contributed by atoms with E-state index in [1.807, 2.05) is 0 Å². The molecule has 0 heterocycles. The smallest absolute Gasteiger partial charge is 0.0465 e. The summed E-state index contributed by atoms with van der Waals surface area (Å²) in [5.41, 5.74) is 5.49. The van der Waals surface area contributed by atoms with Gasteiger partial charge in [-0.05, 0) is 52.0 Å². The molecule has 0 fully saturated rings. The van der Waals surface area contributed by atoms with Gasteiger partial charge in [0.05, 0.1) is 0 Å². The van der Waals surface area contributed by atoms with Crippen molar-refractivity contribution in [2.75, 3.05) is 19.8 Å². The Hall–Kier alpha value is -0.340. The predicted molar refractivity (Wildman–Crippen MR) is 99.3 cm³/mol. The van der Waals surface area contributed by atoms with E-state index in [1.165, 1.54) is 89.9 Å². The standard InChI is InChI=1S/C20H41NO/c1-2-22-20-18-16-14-12-10-8-6-4-3-5-7-9-11-13-15-17-19-21/h3-4H,2,5-21H2,1H3/b4-3-. The first-order valence-corrected chi connectivity index (χ1v) is 9.84. The lowest BCUT2D eigenvalue weighted by Gasteiger charge is -2.01. The first-order chi connectivity index (χ1) is 10.9. The van der Waals surface area contributed by atoms with Crippen molar-refractivity contribution in [2.24, 2.45) is 5.73 Å². The van der Waals surface area contributed by atoms with E-state index in [9.17, 15) is 0 Å². The molecule has 0 aromatic heterocycles. The van der Waals surface area contributed by atoms with E-state index in [4.69, 9.17) is 10.5 Å². The number of unbranched alkanes of at least 4 members (excludes halogenated alkanes) is 12. The van der Waals surface area contributed by atoms with Gasteiger partial charge in [-0.2, -0.15) is 0 Å². The van der Waals surface area contributed by atoms with Crippen LogP contribution in [0.15, 0.2) is 12.2 Å². The number of allylic oxidation sites excluding steroid dienone is 2. The molecule has 0 saturated carbocycles. The second-order valence-electron chi connectivity index (χ2n) is 6.28. The molecule has 0 aliphatic carbocycles. The normalized spacial score (nSPS) is 11.5. The highest BCUT2D eigenvalue weighted by Crippen LogP contribution is 2.09. The minimum Gasteiger partial charge on any atom is -0.382 e. The highest BCUT2D eigenvalue weighted by atomic mass is 16.5. The van der Waals surface area contributed by atoms with Gasteiger partial charge in [-0.1, -0.05) is 63.5 Å². The molecule has 0 rings (SSSR count). The fraction of sp³-hybridized carbons (Fsp3) is 0.900. The van der Waals surface area contributed by atoms with Crippen LogP contribution < -0.4 is 5.73 Å². The number of nitrogens with two attached hydrogens (primary N) is 1. The van der Waals surface area contributed by atoms with E-state index in [-0.39, 0.29) is 0 Å². The molecule has 0 aromatic carbocycles. The number of rotatable bonds is 18. The Bertz CT molecular complexity index is 216. The second kappa shape index (κ2) is 20.7. The van der Waals surface area contributed by atoms with Crippen molar-refractivity contribution in [3.8, 4) is 0 Å². The van der Waals surface area contributed by atoms with Gasteiger partial charge in [-0.3, -0.25) is 0 Å². The monoisotopic (exact) mass is 311 g/mol. The number of hydrogen-bond acceptors (Lipinski definition) is 2. The molecule has 0 saturated heterocycles. The van der Waals surface area contributed by atoms with E-state index in [2.05, 4.69) is 19.1 Å². The molecule has 0 radical (unpaired) electrons. The lowest BCUT2D eigenvalue weighted by molar-refractivity contribution is 0.143. The van der Waals surface area contributed by atoms with Crippen molar-refractivity contribution in [2.45, 2.75) is 96.8 Å². The van der Waals surface area contributed by atoms with Crippen molar-refractivity contribution >= 4 is 0 Å². The molecule has 0 bridgehead atoms. The third kappa shape index (κ3) is 19.7. The van der Waals surface area contributed by atoms with E-state index < -0.39 is 0 Å². The average Bonchev–Trinajstić information content (AvgIpc) is 2.54. The predicted octanol–water partition coefficient (Wildman–Crippen LogP) is 6.00. The van der Waals surface area contributed by atoms with E-state index >= 15 is 0 Å². The Labute approximate surface area is 139 Å². The van der Waals surface area contributed by atoms with Gasteiger partial charge in [-0.25, -0.2) is 0 Å². The number of hydrogen-bond donors (Lipinski definition) is 1. The molecule has 0 amide bonds. The zero-order valence-electron chi connectivity index (χ0n) is 15.2. The molecule has 0 aliphatic heterocycles. The summed E-state index contributed by atoms with van der Waals surface area (Å²) in [5.74, 6) is 0. The molecule has 2 nitrogen and oxygen atoms in total. The fourth-order valence-electron chi connectivity index (χ4n) is 2.67. The van der Waals surface area contributed by atoms with Gasteiger partial charge >= 0.3 is 0 Å². The lowest BCUT2D eigenvalue weighted by Crippen LogP contribution is -1.97. The van der Waals surface area contributed by atoms with Crippen molar-refractivity contribution in [3.05, 3.63) is 12.2 Å². The Morgan fingerprint density at radius 1 is 0.636 bits per heavy atom. The molecule has 0 aliphatic rings. The van der Waals surface area contributed by atoms with E-state index in [0.29, 0.717) is 0 Å². The highest BCUT2D eigenvalue weighted by molar-refractivity contribution is 4.81. The quantitative estimate of drug-likeness (QED) is 0.249. The molecule has 0 atom stereocenters. The van der Waals surface area contributed by atoms with Crippen molar-refractivity contribution in [1.82, 2.24) is 0 Å². The molecule has 2 heteroatoms. The summed E-state index contributed by atoms with van der Waals surface area (Å²) in [5, 5.41) is 0. The summed E-state index contributed by atoms with van der Waals surface area (Å²) in [6, 6.07) is 0. The largest absolute Gasteiger partial charge is 0.382 e.